The molecule has 4 N–H and O–H groups in total. The first kappa shape index (κ1) is 32.2. The van der Waals surface area contributed by atoms with Crippen molar-refractivity contribution in [2.75, 3.05) is 24.2 Å². The van der Waals surface area contributed by atoms with Gasteiger partial charge in [-0.3, -0.25) is 4.79 Å². The number of hydrogen-bond donors (Lipinski definition) is 4. The normalized spacial score (nSPS) is 23.0. The number of carbonyl (C=O) groups excluding carboxylic acids is 1. The highest BCUT2D eigenvalue weighted by Gasteiger charge is 2.39. The van der Waals surface area contributed by atoms with Crippen LogP contribution in [-0.2, 0) is 21.2 Å². The first-order chi connectivity index (χ1) is 20.0. The average molecular weight is 623 g/mol. The van der Waals surface area contributed by atoms with Crippen molar-refractivity contribution in [2.24, 2.45) is 5.92 Å². The van der Waals surface area contributed by atoms with Crippen molar-refractivity contribution in [1.82, 2.24) is 14.9 Å². The highest BCUT2D eigenvalue weighted by atomic mass is 35.5. The van der Waals surface area contributed by atoms with E-state index in [0.29, 0.717) is 43.8 Å². The first-order valence-electron chi connectivity index (χ1n) is 14.6. The molecular formula is C30H40ClFN4O5S. The summed E-state index contributed by atoms with van der Waals surface area (Å²) in [6.07, 6.45) is 2.01. The van der Waals surface area contributed by atoms with Crippen LogP contribution in [0.3, 0.4) is 0 Å². The third-order valence-corrected chi connectivity index (χ3v) is 10.8. The molecule has 0 aromatic heterocycles. The smallest absolute Gasteiger partial charge is 0.405 e. The van der Waals surface area contributed by atoms with Gasteiger partial charge in [-0.05, 0) is 61.4 Å². The average Bonchev–Trinajstić information content (AvgIpc) is 3.06. The SMILES string of the molecule is CCC(CC)[C@H](c1ccc(Cl)cc1)[C@H](NC(=O)O)C(=O)Nc1cccc(F)c1CCC1CNC2CCCS(=O)(=O)N1C2. The summed E-state index contributed by atoms with van der Waals surface area (Å²) in [5, 5.41) is 18.9. The van der Waals surface area contributed by atoms with E-state index in [9.17, 15) is 23.1 Å². The van der Waals surface area contributed by atoms with E-state index in [1.165, 1.54) is 12.1 Å². The Kier molecular flexibility index (Phi) is 10.9. The van der Waals surface area contributed by atoms with Gasteiger partial charge in [0.1, 0.15) is 11.9 Å². The number of anilines is 1. The molecule has 2 fully saturated rings. The minimum absolute atomic E-state index is 0.0287. The Hall–Kier alpha value is -2.73. The Morgan fingerprint density at radius 1 is 1.17 bits per heavy atom. The molecule has 2 aromatic carbocycles. The van der Waals surface area contributed by atoms with Crippen LogP contribution in [0.5, 0.6) is 0 Å². The van der Waals surface area contributed by atoms with Crippen molar-refractivity contribution in [3.63, 3.8) is 0 Å². The van der Waals surface area contributed by atoms with Crippen LogP contribution in [0.2, 0.25) is 5.02 Å². The lowest BCUT2D eigenvalue weighted by molar-refractivity contribution is -0.119. The minimum Gasteiger partial charge on any atom is -0.465 e. The van der Waals surface area contributed by atoms with Crippen LogP contribution in [0.25, 0.3) is 0 Å². The molecule has 230 valence electrons. The van der Waals surface area contributed by atoms with E-state index in [4.69, 9.17) is 11.6 Å². The molecule has 0 aliphatic carbocycles. The zero-order valence-electron chi connectivity index (χ0n) is 24.0. The molecule has 2 aliphatic rings. The summed E-state index contributed by atoms with van der Waals surface area (Å²) in [4.78, 5) is 25.7. The molecular weight excluding hydrogens is 583 g/mol. The predicted octanol–water partition coefficient (Wildman–Crippen LogP) is 4.97. The lowest BCUT2D eigenvalue weighted by Gasteiger charge is -2.37. The van der Waals surface area contributed by atoms with E-state index in [2.05, 4.69) is 16.0 Å². The minimum atomic E-state index is -3.40. The van der Waals surface area contributed by atoms with Gasteiger partial charge in [0, 0.05) is 47.4 Å². The number of fused-ring (bicyclic) bond motifs is 2. The number of carbonyl (C=O) groups is 2. The Morgan fingerprint density at radius 2 is 1.88 bits per heavy atom. The van der Waals surface area contributed by atoms with Crippen molar-refractivity contribution >= 4 is 39.3 Å². The molecule has 2 aromatic rings. The molecule has 12 heteroatoms. The van der Waals surface area contributed by atoms with E-state index < -0.39 is 39.8 Å². The fourth-order valence-electron chi connectivity index (χ4n) is 6.37. The van der Waals surface area contributed by atoms with Gasteiger partial charge in [-0.25, -0.2) is 17.6 Å². The molecule has 4 rings (SSSR count). The molecule has 2 saturated heterocycles. The van der Waals surface area contributed by atoms with Gasteiger partial charge in [-0.15, -0.1) is 0 Å². The van der Waals surface area contributed by atoms with Gasteiger partial charge < -0.3 is 21.1 Å². The molecule has 2 heterocycles. The molecule has 3 unspecified atom stereocenters. The zero-order chi connectivity index (χ0) is 30.4. The van der Waals surface area contributed by atoms with Gasteiger partial charge in [0.05, 0.1) is 5.75 Å². The number of piperazine rings is 1. The maximum atomic E-state index is 15.2. The number of amides is 2. The molecule has 2 amide bonds. The Bertz CT molecular complexity index is 1360. The van der Waals surface area contributed by atoms with Gasteiger partial charge in [0.25, 0.3) is 0 Å². The summed E-state index contributed by atoms with van der Waals surface area (Å²) in [6.45, 7) is 4.86. The summed E-state index contributed by atoms with van der Waals surface area (Å²) >= 11 is 6.10. The van der Waals surface area contributed by atoms with Crippen molar-refractivity contribution in [1.29, 1.82) is 0 Å². The van der Waals surface area contributed by atoms with Gasteiger partial charge in [-0.1, -0.05) is 56.5 Å². The summed E-state index contributed by atoms with van der Waals surface area (Å²) in [5.41, 5.74) is 1.25. The van der Waals surface area contributed by atoms with Crippen LogP contribution < -0.4 is 16.0 Å². The fourth-order valence-corrected chi connectivity index (χ4v) is 8.30. The van der Waals surface area contributed by atoms with E-state index in [-0.39, 0.29) is 41.4 Å². The fraction of sp³-hybridized carbons (Fsp3) is 0.533. The predicted molar refractivity (Wildman–Crippen MR) is 162 cm³/mol. The van der Waals surface area contributed by atoms with Crippen molar-refractivity contribution in [2.45, 2.75) is 76.4 Å². The van der Waals surface area contributed by atoms with Gasteiger partial charge >= 0.3 is 6.09 Å². The van der Waals surface area contributed by atoms with Crippen molar-refractivity contribution < 1.29 is 27.5 Å². The number of halogens is 2. The van der Waals surface area contributed by atoms with Crippen LogP contribution in [-0.4, -0.2) is 66.8 Å². The van der Waals surface area contributed by atoms with Gasteiger partial charge in [-0.2, -0.15) is 4.31 Å². The number of hydrogen-bond acceptors (Lipinski definition) is 5. The number of carboxylic acid groups (broad SMARTS) is 1. The second-order valence-corrected chi connectivity index (χ2v) is 13.6. The largest absolute Gasteiger partial charge is 0.465 e. The van der Waals surface area contributed by atoms with Gasteiger partial charge in [0.15, 0.2) is 0 Å². The van der Waals surface area contributed by atoms with E-state index >= 15 is 4.39 Å². The van der Waals surface area contributed by atoms with Gasteiger partial charge in [0.2, 0.25) is 15.9 Å². The maximum absolute atomic E-state index is 15.2. The molecule has 2 bridgehead atoms. The first-order valence-corrected chi connectivity index (χ1v) is 16.6. The second kappa shape index (κ2) is 14.2. The van der Waals surface area contributed by atoms with Crippen LogP contribution in [0.1, 0.15) is 63.0 Å². The molecule has 0 spiro atoms. The summed E-state index contributed by atoms with van der Waals surface area (Å²) < 4.78 is 42.5. The van der Waals surface area contributed by atoms with E-state index in [0.717, 1.165) is 12.0 Å². The molecule has 42 heavy (non-hydrogen) atoms. The monoisotopic (exact) mass is 622 g/mol. The molecule has 5 atom stereocenters. The maximum Gasteiger partial charge on any atom is 0.405 e. The quantitative estimate of drug-likeness (QED) is 0.280. The number of nitrogens with one attached hydrogen (secondary N) is 3. The van der Waals surface area contributed by atoms with Crippen LogP contribution in [0.15, 0.2) is 42.5 Å². The van der Waals surface area contributed by atoms with Crippen LogP contribution in [0.4, 0.5) is 14.9 Å². The van der Waals surface area contributed by atoms with Crippen molar-refractivity contribution in [3.05, 3.63) is 64.4 Å². The summed E-state index contributed by atoms with van der Waals surface area (Å²) in [5.74, 6) is -1.55. The van der Waals surface area contributed by atoms with Crippen LogP contribution in [0, 0.1) is 11.7 Å². The van der Waals surface area contributed by atoms with Crippen molar-refractivity contribution in [3.8, 4) is 0 Å². The Labute approximate surface area is 252 Å². The number of nitrogens with zero attached hydrogens (tertiary/aromatic N) is 1. The van der Waals surface area contributed by atoms with E-state index in [1.807, 2.05) is 13.8 Å². The molecule has 2 aliphatic heterocycles. The zero-order valence-corrected chi connectivity index (χ0v) is 25.6. The standard InChI is InChI=1S/C30H40ClFN4O5S/c1-3-19(4-2)27(20-10-12-21(31)13-11-20)28(35-30(38)39)29(37)34-26-9-5-8-25(32)24(26)15-14-23-17-33-22-7-6-16-42(40,41)36(23)18-22/h5,8-13,19,22-23,27-28,33,35H,3-4,6-7,14-18H2,1-2H3,(H,34,37)(H,38,39)/t22?,23?,27-,28+/m1/s1. The highest BCUT2D eigenvalue weighted by Crippen LogP contribution is 2.35. The summed E-state index contributed by atoms with van der Waals surface area (Å²) in [7, 11) is -3.40. The highest BCUT2D eigenvalue weighted by molar-refractivity contribution is 7.89. The topological polar surface area (TPSA) is 128 Å². The molecule has 0 saturated carbocycles. The lowest BCUT2D eigenvalue weighted by Crippen LogP contribution is -2.57. The lowest BCUT2D eigenvalue weighted by atomic mass is 9.77. The van der Waals surface area contributed by atoms with Crippen LogP contribution >= 0.6 is 11.6 Å². The third-order valence-electron chi connectivity index (χ3n) is 8.60. The molecule has 9 nitrogen and oxygen atoms in total. The van der Waals surface area contributed by atoms with E-state index in [1.54, 1.807) is 34.6 Å². The molecule has 0 radical (unpaired) electrons. The Morgan fingerprint density at radius 3 is 2.55 bits per heavy atom. The number of sulfonamides is 1. The Balaban J connectivity index is 1.59. The summed E-state index contributed by atoms with van der Waals surface area (Å²) in [6, 6.07) is 9.99. The number of benzene rings is 2. The second-order valence-electron chi connectivity index (χ2n) is 11.2. The third kappa shape index (κ3) is 7.61. The number of rotatable bonds is 11.